The van der Waals surface area contributed by atoms with E-state index in [0.717, 1.165) is 0 Å². The fourth-order valence-corrected chi connectivity index (χ4v) is 1.30. The van der Waals surface area contributed by atoms with Crippen molar-refractivity contribution in [3.63, 3.8) is 0 Å². The lowest BCUT2D eigenvalue weighted by Gasteiger charge is -2.30. The lowest BCUT2D eigenvalue weighted by atomic mass is 10.1. The number of aliphatic hydroxyl groups is 1. The second-order valence-corrected chi connectivity index (χ2v) is 3.20. The maximum Gasteiger partial charge on any atom is 0.303 e. The van der Waals surface area contributed by atoms with Gasteiger partial charge in [-0.25, -0.2) is 0 Å². The van der Waals surface area contributed by atoms with Gasteiger partial charge in [0.05, 0.1) is 6.61 Å². The van der Waals surface area contributed by atoms with E-state index in [4.69, 9.17) is 25.7 Å². The second kappa shape index (κ2) is 6.28. The van der Waals surface area contributed by atoms with E-state index >= 15 is 0 Å². The van der Waals surface area contributed by atoms with Crippen LogP contribution >= 0.6 is 0 Å². The molecule has 16 heavy (non-hydrogen) atoms. The van der Waals surface area contributed by atoms with Crippen LogP contribution in [0.3, 0.4) is 0 Å². The summed E-state index contributed by atoms with van der Waals surface area (Å²) >= 11 is 0. The molecule has 0 aliphatic carbocycles. The smallest absolute Gasteiger partial charge is 0.303 e. The molecule has 1 heterocycles. The van der Waals surface area contributed by atoms with E-state index in [9.17, 15) is 4.79 Å². The Bertz CT molecular complexity index is 304. The van der Waals surface area contributed by atoms with Gasteiger partial charge in [0.25, 0.3) is 0 Å². The van der Waals surface area contributed by atoms with Crippen LogP contribution in [0.1, 0.15) is 6.92 Å². The summed E-state index contributed by atoms with van der Waals surface area (Å²) in [5.74, 6) is 1.88. The van der Waals surface area contributed by atoms with Gasteiger partial charge in [-0.15, -0.1) is 6.42 Å². The number of carbonyl (C=O) groups is 1. The zero-order chi connectivity index (χ0) is 12.0. The standard InChI is InChI=1S/C11H14O5/c1-3-6-14-11-5-4-9(15-8(2)13)10(7-12)16-11/h1,4-5,9-12H,6-7H2,2H3/t9-,10?,11-/m0/s1. The van der Waals surface area contributed by atoms with E-state index in [1.165, 1.54) is 6.92 Å². The number of ether oxygens (including phenoxy) is 3. The minimum Gasteiger partial charge on any atom is -0.455 e. The Hall–Kier alpha value is -1.35. The number of terminal acetylenes is 1. The highest BCUT2D eigenvalue weighted by Crippen LogP contribution is 2.16. The van der Waals surface area contributed by atoms with Gasteiger partial charge in [-0.05, 0) is 12.2 Å². The minimum atomic E-state index is -0.628. The first-order valence-electron chi connectivity index (χ1n) is 4.84. The fourth-order valence-electron chi connectivity index (χ4n) is 1.30. The lowest BCUT2D eigenvalue weighted by molar-refractivity contribution is -0.188. The van der Waals surface area contributed by atoms with Gasteiger partial charge in [-0.3, -0.25) is 4.79 Å². The normalized spacial score (nSPS) is 28.4. The highest BCUT2D eigenvalue weighted by molar-refractivity contribution is 5.66. The Balaban J connectivity index is 2.56. The Kier molecular flexibility index (Phi) is 4.99. The van der Waals surface area contributed by atoms with Crippen LogP contribution in [0.2, 0.25) is 0 Å². The molecule has 88 valence electrons. The van der Waals surface area contributed by atoms with Crippen molar-refractivity contribution in [2.24, 2.45) is 0 Å². The molecule has 0 amide bonds. The molecule has 0 fully saturated rings. The molecule has 5 nitrogen and oxygen atoms in total. The van der Waals surface area contributed by atoms with Gasteiger partial charge in [0.1, 0.15) is 18.8 Å². The molecule has 1 unspecified atom stereocenters. The zero-order valence-electron chi connectivity index (χ0n) is 8.96. The van der Waals surface area contributed by atoms with E-state index in [1.54, 1.807) is 12.2 Å². The van der Waals surface area contributed by atoms with E-state index in [1.807, 2.05) is 0 Å². The Morgan fingerprint density at radius 2 is 2.38 bits per heavy atom. The third-order valence-corrected chi connectivity index (χ3v) is 1.95. The van der Waals surface area contributed by atoms with Gasteiger partial charge in [-0.1, -0.05) is 5.92 Å². The van der Waals surface area contributed by atoms with E-state index in [0.29, 0.717) is 0 Å². The van der Waals surface area contributed by atoms with Gasteiger partial charge >= 0.3 is 5.97 Å². The van der Waals surface area contributed by atoms with Crippen LogP contribution in [-0.4, -0.2) is 42.8 Å². The van der Waals surface area contributed by atoms with Gasteiger partial charge < -0.3 is 19.3 Å². The summed E-state index contributed by atoms with van der Waals surface area (Å²) in [6, 6.07) is 0. The van der Waals surface area contributed by atoms with Crippen LogP contribution in [0.15, 0.2) is 12.2 Å². The molecule has 0 aromatic rings. The maximum absolute atomic E-state index is 10.8. The average molecular weight is 226 g/mol. The predicted molar refractivity (Wildman–Crippen MR) is 55.2 cm³/mol. The minimum absolute atomic E-state index is 0.116. The molecule has 0 radical (unpaired) electrons. The topological polar surface area (TPSA) is 65.0 Å². The second-order valence-electron chi connectivity index (χ2n) is 3.20. The van der Waals surface area contributed by atoms with E-state index in [-0.39, 0.29) is 13.2 Å². The third kappa shape index (κ3) is 3.66. The summed E-state index contributed by atoms with van der Waals surface area (Å²) < 4.78 is 15.4. The van der Waals surface area contributed by atoms with Crippen LogP contribution in [0, 0.1) is 12.3 Å². The van der Waals surface area contributed by atoms with Crippen molar-refractivity contribution in [1.29, 1.82) is 0 Å². The summed E-state index contributed by atoms with van der Waals surface area (Å²) in [6.07, 6.45) is 6.42. The van der Waals surface area contributed by atoms with Crippen LogP contribution < -0.4 is 0 Å². The molecule has 1 aliphatic heterocycles. The number of hydrogen-bond donors (Lipinski definition) is 1. The molecule has 0 saturated heterocycles. The number of rotatable bonds is 4. The molecule has 3 atom stereocenters. The van der Waals surface area contributed by atoms with Crippen LogP contribution in [0.4, 0.5) is 0 Å². The predicted octanol–water partition coefficient (Wildman–Crippen LogP) is -0.159. The first-order valence-corrected chi connectivity index (χ1v) is 4.84. The van der Waals surface area contributed by atoms with Crippen molar-refractivity contribution < 1.29 is 24.1 Å². The van der Waals surface area contributed by atoms with Crippen molar-refractivity contribution >= 4 is 5.97 Å². The first kappa shape index (κ1) is 12.7. The summed E-state index contributed by atoms with van der Waals surface area (Å²) in [6.45, 7) is 1.15. The molecule has 0 aromatic heterocycles. The Morgan fingerprint density at radius 1 is 1.62 bits per heavy atom. The van der Waals surface area contributed by atoms with Crippen LogP contribution in [0.5, 0.6) is 0 Å². The fraction of sp³-hybridized carbons (Fsp3) is 0.545. The Morgan fingerprint density at radius 3 is 2.94 bits per heavy atom. The summed E-state index contributed by atoms with van der Waals surface area (Å²) in [7, 11) is 0. The van der Waals surface area contributed by atoms with E-state index < -0.39 is 24.5 Å². The summed E-state index contributed by atoms with van der Waals surface area (Å²) in [5, 5.41) is 9.07. The molecular weight excluding hydrogens is 212 g/mol. The zero-order valence-corrected chi connectivity index (χ0v) is 8.96. The molecule has 1 aliphatic rings. The number of hydrogen-bond acceptors (Lipinski definition) is 5. The highest BCUT2D eigenvalue weighted by atomic mass is 16.7. The van der Waals surface area contributed by atoms with Crippen molar-refractivity contribution in [2.45, 2.75) is 25.4 Å². The molecular formula is C11H14O5. The molecule has 0 aromatic carbocycles. The number of aliphatic hydroxyl groups excluding tert-OH is 1. The van der Waals surface area contributed by atoms with Crippen molar-refractivity contribution in [2.75, 3.05) is 13.2 Å². The Labute approximate surface area is 94.0 Å². The molecule has 1 N–H and O–H groups in total. The quantitative estimate of drug-likeness (QED) is 0.410. The van der Waals surface area contributed by atoms with Crippen molar-refractivity contribution in [3.05, 3.63) is 12.2 Å². The van der Waals surface area contributed by atoms with Gasteiger partial charge in [0.15, 0.2) is 6.29 Å². The average Bonchev–Trinajstić information content (AvgIpc) is 2.27. The largest absolute Gasteiger partial charge is 0.455 e. The van der Waals surface area contributed by atoms with E-state index in [2.05, 4.69) is 5.92 Å². The molecule has 0 bridgehead atoms. The highest BCUT2D eigenvalue weighted by Gasteiger charge is 2.29. The first-order chi connectivity index (χ1) is 7.67. The molecule has 0 saturated carbocycles. The lowest BCUT2D eigenvalue weighted by Crippen LogP contribution is -2.41. The van der Waals surface area contributed by atoms with Crippen LogP contribution in [-0.2, 0) is 19.0 Å². The molecule has 0 spiro atoms. The third-order valence-electron chi connectivity index (χ3n) is 1.95. The van der Waals surface area contributed by atoms with Gasteiger partial charge in [-0.2, -0.15) is 0 Å². The van der Waals surface area contributed by atoms with Crippen molar-refractivity contribution in [1.82, 2.24) is 0 Å². The monoisotopic (exact) mass is 226 g/mol. The van der Waals surface area contributed by atoms with Gasteiger partial charge in [0, 0.05) is 6.92 Å². The SMILES string of the molecule is C#CCO[C@@H]1C=C[C@H](OC(C)=O)C(CO)O1. The van der Waals surface area contributed by atoms with Crippen molar-refractivity contribution in [3.8, 4) is 12.3 Å². The molecule has 1 rings (SSSR count). The van der Waals surface area contributed by atoms with Crippen LogP contribution in [0.25, 0.3) is 0 Å². The number of carbonyl (C=O) groups excluding carboxylic acids is 1. The number of esters is 1. The van der Waals surface area contributed by atoms with Gasteiger partial charge in [0.2, 0.25) is 0 Å². The summed E-state index contributed by atoms with van der Waals surface area (Å²) in [5.41, 5.74) is 0. The summed E-state index contributed by atoms with van der Waals surface area (Å²) in [4.78, 5) is 10.8. The molecule has 5 heteroatoms. The maximum atomic E-state index is 10.8.